The number of alkyl halides is 2. The summed E-state index contributed by atoms with van der Waals surface area (Å²) in [6.07, 6.45) is -5.90. The molecule has 2 atom stereocenters. The summed E-state index contributed by atoms with van der Waals surface area (Å²) in [7, 11) is 1.03. The number of methoxy groups -OCH3 is 1. The first kappa shape index (κ1) is 25.6. The number of rotatable bonds is 10. The van der Waals surface area contributed by atoms with Crippen LogP contribution in [0.15, 0.2) is 48.5 Å². The third-order valence-corrected chi connectivity index (χ3v) is 5.58. The lowest BCUT2D eigenvalue weighted by Crippen LogP contribution is -2.52. The lowest BCUT2D eigenvalue weighted by Gasteiger charge is -2.21. The molecule has 0 heterocycles. The second-order valence-corrected chi connectivity index (χ2v) is 7.83. The van der Waals surface area contributed by atoms with Gasteiger partial charge in [0.05, 0.1) is 13.5 Å². The van der Waals surface area contributed by atoms with Crippen molar-refractivity contribution in [3.05, 3.63) is 59.7 Å². The fourth-order valence-corrected chi connectivity index (χ4v) is 3.91. The quantitative estimate of drug-likeness (QED) is 0.437. The molecule has 1 aliphatic carbocycles. The van der Waals surface area contributed by atoms with E-state index in [1.165, 1.54) is 0 Å². The van der Waals surface area contributed by atoms with Crippen molar-refractivity contribution in [2.45, 2.75) is 37.3 Å². The lowest BCUT2D eigenvalue weighted by atomic mass is 9.98. The number of amides is 2. The number of esters is 1. The van der Waals surface area contributed by atoms with E-state index in [9.17, 15) is 33.1 Å². The number of carboxylic acid groups (broad SMARTS) is 1. The zero-order valence-corrected chi connectivity index (χ0v) is 18.7. The molecule has 3 rings (SSSR count). The molecule has 0 aliphatic heterocycles. The van der Waals surface area contributed by atoms with Crippen molar-refractivity contribution in [3.8, 4) is 11.1 Å². The molecule has 0 radical (unpaired) electrons. The summed E-state index contributed by atoms with van der Waals surface area (Å²) in [5, 5.41) is 13.2. The number of aliphatic carboxylic acids is 1. The van der Waals surface area contributed by atoms with Gasteiger partial charge in [0.2, 0.25) is 12.3 Å². The Kier molecular flexibility index (Phi) is 8.34. The maximum Gasteiger partial charge on any atom is 0.407 e. The Balaban J connectivity index is 1.66. The molecule has 2 amide bonds. The number of fused-ring (bicyclic) bond motifs is 3. The number of carboxylic acids is 1. The number of hydrogen-bond acceptors (Lipinski definition) is 6. The van der Waals surface area contributed by atoms with Gasteiger partial charge >= 0.3 is 18.0 Å². The van der Waals surface area contributed by atoms with Crippen LogP contribution in [0.25, 0.3) is 11.1 Å². The zero-order chi connectivity index (χ0) is 25.5. The van der Waals surface area contributed by atoms with Crippen molar-refractivity contribution in [3.63, 3.8) is 0 Å². The summed E-state index contributed by atoms with van der Waals surface area (Å²) < 4.78 is 35.8. The Labute approximate surface area is 199 Å². The molecule has 2 aromatic rings. The van der Waals surface area contributed by atoms with Gasteiger partial charge in [0.15, 0.2) is 0 Å². The third-order valence-electron chi connectivity index (χ3n) is 5.58. The summed E-state index contributed by atoms with van der Waals surface area (Å²) in [5.74, 6) is -3.98. The molecule has 0 fully saturated rings. The highest BCUT2D eigenvalue weighted by Crippen LogP contribution is 2.44. The average molecular weight is 490 g/mol. The van der Waals surface area contributed by atoms with Crippen molar-refractivity contribution in [2.24, 2.45) is 0 Å². The summed E-state index contributed by atoms with van der Waals surface area (Å²) in [5.41, 5.74) is 3.88. The normalized spacial score (nSPS) is 13.8. The third kappa shape index (κ3) is 6.31. The van der Waals surface area contributed by atoms with E-state index in [1.54, 1.807) is 0 Å². The van der Waals surface area contributed by atoms with Crippen LogP contribution in [-0.4, -0.2) is 61.3 Å². The highest BCUT2D eigenvalue weighted by Gasteiger charge is 2.32. The van der Waals surface area contributed by atoms with Crippen molar-refractivity contribution in [1.82, 2.24) is 10.6 Å². The molecule has 2 aromatic carbocycles. The monoisotopic (exact) mass is 490 g/mol. The molecular weight excluding hydrogens is 466 g/mol. The van der Waals surface area contributed by atoms with Crippen LogP contribution < -0.4 is 10.6 Å². The van der Waals surface area contributed by atoms with Crippen LogP contribution in [0.2, 0.25) is 0 Å². The van der Waals surface area contributed by atoms with Gasteiger partial charge < -0.3 is 25.2 Å². The first-order valence-corrected chi connectivity index (χ1v) is 10.7. The minimum absolute atomic E-state index is 0.108. The average Bonchev–Trinajstić information content (AvgIpc) is 3.15. The zero-order valence-electron chi connectivity index (χ0n) is 18.7. The number of hydrogen-bond donors (Lipinski definition) is 3. The van der Waals surface area contributed by atoms with Crippen LogP contribution >= 0.6 is 0 Å². The van der Waals surface area contributed by atoms with Crippen LogP contribution in [0.4, 0.5) is 13.6 Å². The molecule has 0 aromatic heterocycles. The smallest absolute Gasteiger partial charge is 0.407 e. The van der Waals surface area contributed by atoms with E-state index >= 15 is 0 Å². The highest BCUT2D eigenvalue weighted by atomic mass is 19.3. The van der Waals surface area contributed by atoms with Gasteiger partial charge in [0.25, 0.3) is 0 Å². The van der Waals surface area contributed by atoms with E-state index in [1.807, 2.05) is 53.8 Å². The predicted octanol–water partition coefficient (Wildman–Crippen LogP) is 2.68. The molecule has 1 aliphatic rings. The van der Waals surface area contributed by atoms with Gasteiger partial charge in [-0.25, -0.2) is 18.4 Å². The Morgan fingerprint density at radius 1 is 0.943 bits per heavy atom. The molecule has 0 saturated carbocycles. The molecule has 3 N–H and O–H groups in total. The number of nitrogens with one attached hydrogen (secondary N) is 2. The molecule has 11 heteroatoms. The first-order chi connectivity index (χ1) is 16.7. The number of benzene rings is 2. The summed E-state index contributed by atoms with van der Waals surface area (Å²) >= 11 is 0. The van der Waals surface area contributed by atoms with Crippen LogP contribution in [0, 0.1) is 0 Å². The standard InChI is InChI=1S/C24H24F2N2O7/c1-34-21(29)11-19(23(31)32)27-22(30)18(10-20(25)26)28-24(33)35-12-17-15-8-4-2-6-13(15)14-7-3-5-9-16(14)17/h2-9,17-20H,10-12H2,1H3,(H,27,30)(H,28,33)(H,31,32)/t18?,19-/m0/s1. The fraction of sp³-hybridized carbons (Fsp3) is 0.333. The Morgan fingerprint density at radius 2 is 1.51 bits per heavy atom. The second-order valence-electron chi connectivity index (χ2n) is 7.83. The maximum atomic E-state index is 13.1. The minimum atomic E-state index is -2.98. The van der Waals surface area contributed by atoms with Crippen molar-refractivity contribution in [2.75, 3.05) is 13.7 Å². The number of carbonyl (C=O) groups is 4. The van der Waals surface area contributed by atoms with Gasteiger partial charge in [-0.3, -0.25) is 9.59 Å². The van der Waals surface area contributed by atoms with Gasteiger partial charge in [-0.2, -0.15) is 0 Å². The van der Waals surface area contributed by atoms with E-state index in [0.29, 0.717) is 0 Å². The van der Waals surface area contributed by atoms with Crippen molar-refractivity contribution >= 4 is 23.9 Å². The maximum absolute atomic E-state index is 13.1. The van der Waals surface area contributed by atoms with Crippen molar-refractivity contribution in [1.29, 1.82) is 0 Å². The number of alkyl carbamates (subject to hydrolysis) is 1. The molecule has 0 spiro atoms. The minimum Gasteiger partial charge on any atom is -0.480 e. The number of carbonyl (C=O) groups excluding carboxylic acids is 3. The van der Waals surface area contributed by atoms with E-state index < -0.39 is 55.3 Å². The van der Waals surface area contributed by atoms with Gasteiger partial charge in [0, 0.05) is 12.3 Å². The van der Waals surface area contributed by atoms with E-state index in [4.69, 9.17) is 4.74 Å². The lowest BCUT2D eigenvalue weighted by molar-refractivity contribution is -0.149. The molecule has 1 unspecified atom stereocenters. The van der Waals surface area contributed by atoms with E-state index in [2.05, 4.69) is 10.1 Å². The summed E-state index contributed by atoms with van der Waals surface area (Å²) in [6.45, 7) is -0.108. The van der Waals surface area contributed by atoms with Crippen LogP contribution in [0.3, 0.4) is 0 Å². The van der Waals surface area contributed by atoms with E-state index in [-0.39, 0.29) is 12.5 Å². The van der Waals surface area contributed by atoms with Gasteiger partial charge in [-0.15, -0.1) is 0 Å². The molecule has 186 valence electrons. The number of ether oxygens (including phenoxy) is 2. The molecule has 9 nitrogen and oxygen atoms in total. The Bertz CT molecular complexity index is 1060. The Morgan fingerprint density at radius 3 is 2.03 bits per heavy atom. The van der Waals surface area contributed by atoms with Gasteiger partial charge in [0.1, 0.15) is 18.7 Å². The predicted molar refractivity (Wildman–Crippen MR) is 119 cm³/mol. The molecule has 35 heavy (non-hydrogen) atoms. The van der Waals surface area contributed by atoms with Gasteiger partial charge in [-0.05, 0) is 22.3 Å². The van der Waals surface area contributed by atoms with Crippen LogP contribution in [0.5, 0.6) is 0 Å². The SMILES string of the molecule is COC(=O)C[C@H](NC(=O)C(CC(F)F)NC(=O)OCC1c2ccccc2-c2ccccc21)C(=O)O. The molecule has 0 bridgehead atoms. The summed E-state index contributed by atoms with van der Waals surface area (Å²) in [6, 6.07) is 11.7. The fourth-order valence-electron chi connectivity index (χ4n) is 3.91. The van der Waals surface area contributed by atoms with Crippen LogP contribution in [-0.2, 0) is 23.9 Å². The molecule has 0 saturated heterocycles. The van der Waals surface area contributed by atoms with Gasteiger partial charge in [-0.1, -0.05) is 48.5 Å². The summed E-state index contributed by atoms with van der Waals surface area (Å²) in [4.78, 5) is 47.6. The second kappa shape index (κ2) is 11.4. The largest absolute Gasteiger partial charge is 0.480 e. The van der Waals surface area contributed by atoms with E-state index in [0.717, 1.165) is 29.4 Å². The first-order valence-electron chi connectivity index (χ1n) is 10.7. The number of halogens is 2. The topological polar surface area (TPSA) is 131 Å². The molecular formula is C24H24F2N2O7. The highest BCUT2D eigenvalue weighted by molar-refractivity contribution is 5.91. The van der Waals surface area contributed by atoms with Crippen LogP contribution in [0.1, 0.15) is 29.9 Å². The van der Waals surface area contributed by atoms with Crippen molar-refractivity contribution < 1.29 is 42.5 Å². The Hall–Kier alpha value is -4.02.